The molecule has 3 nitrogen and oxygen atoms in total. The lowest BCUT2D eigenvalue weighted by molar-refractivity contribution is -0.437. The van der Waals surface area contributed by atoms with E-state index in [1.54, 1.807) is 0 Å². The van der Waals surface area contributed by atoms with Crippen molar-refractivity contribution in [3.63, 3.8) is 0 Å². The van der Waals surface area contributed by atoms with E-state index in [9.17, 15) is 31.1 Å². The molecule has 0 amide bonds. The molecule has 128 valence electrons. The monoisotopic (exact) mass is 334 g/mol. The Morgan fingerprint density at radius 2 is 1.59 bits per heavy atom. The summed E-state index contributed by atoms with van der Waals surface area (Å²) in [6, 6.07) is 0. The predicted octanol–water partition coefficient (Wildman–Crippen LogP) is 3.87. The van der Waals surface area contributed by atoms with Crippen molar-refractivity contribution in [3.8, 4) is 0 Å². The van der Waals surface area contributed by atoms with Gasteiger partial charge < -0.3 is 9.84 Å². The zero-order valence-corrected chi connectivity index (χ0v) is 11.7. The first kappa shape index (κ1) is 18.8. The lowest BCUT2D eigenvalue weighted by Gasteiger charge is -2.29. The summed E-state index contributed by atoms with van der Waals surface area (Å²) in [5, 5.41) is 8.29. The number of esters is 1. The van der Waals surface area contributed by atoms with Crippen molar-refractivity contribution in [2.45, 2.75) is 57.2 Å². The van der Waals surface area contributed by atoms with Crippen LogP contribution < -0.4 is 0 Å². The molecule has 0 radical (unpaired) electrons. The number of ether oxygens (including phenoxy) is 1. The first-order valence-electron chi connectivity index (χ1n) is 6.66. The minimum atomic E-state index is -6.31. The van der Waals surface area contributed by atoms with Crippen LogP contribution in [0.1, 0.15) is 39.0 Å². The van der Waals surface area contributed by atoms with Gasteiger partial charge in [0.25, 0.3) is 0 Å². The summed E-state index contributed by atoms with van der Waals surface area (Å²) in [4.78, 5) is 11.4. The summed E-state index contributed by atoms with van der Waals surface area (Å²) < 4.78 is 78.4. The predicted molar refractivity (Wildman–Crippen MR) is 63.5 cm³/mol. The minimum absolute atomic E-state index is 0.0678. The molecule has 1 fully saturated rings. The summed E-state index contributed by atoms with van der Waals surface area (Å²) in [5.74, 6) is -7.83. The van der Waals surface area contributed by atoms with Gasteiger partial charge in [-0.15, -0.1) is 0 Å². The SMILES string of the molecule is CC(=CC1CCCCC1)C(=O)OC(F)(F)C(O)(F)C(F)(F)F. The molecule has 0 bridgehead atoms. The van der Waals surface area contributed by atoms with Crippen molar-refractivity contribution in [2.75, 3.05) is 0 Å². The molecule has 1 aliphatic rings. The second-order valence-electron chi connectivity index (χ2n) is 5.27. The summed E-state index contributed by atoms with van der Waals surface area (Å²) >= 11 is 0. The highest BCUT2D eigenvalue weighted by molar-refractivity contribution is 5.88. The maximum absolute atomic E-state index is 13.1. The Bertz CT molecular complexity index is 436. The molecule has 1 rings (SSSR count). The van der Waals surface area contributed by atoms with Gasteiger partial charge in [0.05, 0.1) is 0 Å². The van der Waals surface area contributed by atoms with Crippen molar-refractivity contribution >= 4 is 5.97 Å². The van der Waals surface area contributed by atoms with Crippen molar-refractivity contribution < 1.29 is 41.0 Å². The van der Waals surface area contributed by atoms with Gasteiger partial charge in [-0.1, -0.05) is 25.3 Å². The quantitative estimate of drug-likeness (QED) is 0.482. The van der Waals surface area contributed by atoms with Gasteiger partial charge in [0, 0.05) is 5.57 Å². The summed E-state index contributed by atoms with van der Waals surface area (Å²) in [7, 11) is 0. The number of alkyl halides is 6. The van der Waals surface area contributed by atoms with Crippen LogP contribution in [0.5, 0.6) is 0 Å². The molecule has 0 aromatic heterocycles. The van der Waals surface area contributed by atoms with Crippen LogP contribution >= 0.6 is 0 Å². The summed E-state index contributed by atoms with van der Waals surface area (Å²) in [6.45, 7) is 1.08. The van der Waals surface area contributed by atoms with Crippen LogP contribution in [0, 0.1) is 5.92 Å². The van der Waals surface area contributed by atoms with Crippen LogP contribution in [0.2, 0.25) is 0 Å². The molecule has 22 heavy (non-hydrogen) atoms. The van der Waals surface area contributed by atoms with Crippen molar-refractivity contribution in [2.24, 2.45) is 5.92 Å². The van der Waals surface area contributed by atoms with E-state index in [1.165, 1.54) is 6.08 Å². The average Bonchev–Trinajstić information content (AvgIpc) is 2.37. The number of carbonyl (C=O) groups excluding carboxylic acids is 1. The molecule has 1 N–H and O–H groups in total. The van der Waals surface area contributed by atoms with Crippen molar-refractivity contribution in [1.29, 1.82) is 0 Å². The number of rotatable bonds is 4. The van der Waals surface area contributed by atoms with Gasteiger partial charge in [-0.25, -0.2) is 4.79 Å². The zero-order valence-electron chi connectivity index (χ0n) is 11.7. The molecule has 0 saturated heterocycles. The van der Waals surface area contributed by atoms with E-state index in [2.05, 4.69) is 4.74 Å². The highest BCUT2D eigenvalue weighted by Gasteiger charge is 2.74. The minimum Gasteiger partial charge on any atom is -0.393 e. The topological polar surface area (TPSA) is 46.5 Å². The Balaban J connectivity index is 2.79. The highest BCUT2D eigenvalue weighted by Crippen LogP contribution is 2.44. The molecule has 9 heteroatoms. The van der Waals surface area contributed by atoms with E-state index in [4.69, 9.17) is 5.11 Å². The molecule has 0 aliphatic heterocycles. The fraction of sp³-hybridized carbons (Fsp3) is 0.769. The number of carbonyl (C=O) groups is 1. The smallest absolute Gasteiger partial charge is 0.393 e. The van der Waals surface area contributed by atoms with Gasteiger partial charge in [0.15, 0.2) is 0 Å². The van der Waals surface area contributed by atoms with Gasteiger partial charge in [0.2, 0.25) is 0 Å². The Morgan fingerprint density at radius 3 is 2.05 bits per heavy atom. The Morgan fingerprint density at radius 1 is 1.09 bits per heavy atom. The zero-order chi connectivity index (χ0) is 17.2. The average molecular weight is 334 g/mol. The van der Waals surface area contributed by atoms with E-state index in [1.807, 2.05) is 0 Å². The molecule has 0 aromatic rings. The molecule has 1 saturated carbocycles. The number of aliphatic hydroxyl groups is 1. The molecular weight excluding hydrogens is 318 g/mol. The van der Waals surface area contributed by atoms with E-state index in [0.717, 1.165) is 39.0 Å². The van der Waals surface area contributed by atoms with E-state index < -0.39 is 24.1 Å². The fourth-order valence-corrected chi connectivity index (χ4v) is 2.15. The molecule has 0 spiro atoms. The van der Waals surface area contributed by atoms with Gasteiger partial charge in [-0.2, -0.15) is 26.3 Å². The first-order chi connectivity index (χ1) is 9.88. The summed E-state index contributed by atoms with van der Waals surface area (Å²) in [5.41, 5.74) is -0.357. The lowest BCUT2D eigenvalue weighted by atomic mass is 9.88. The molecular formula is C13H16F6O3. The molecule has 1 atom stereocenters. The Kier molecular flexibility index (Phi) is 5.53. The van der Waals surface area contributed by atoms with Gasteiger partial charge >= 0.3 is 24.1 Å². The third kappa shape index (κ3) is 4.15. The molecule has 0 aromatic carbocycles. The van der Waals surface area contributed by atoms with Crippen molar-refractivity contribution in [3.05, 3.63) is 11.6 Å². The second kappa shape index (κ2) is 6.47. The fourth-order valence-electron chi connectivity index (χ4n) is 2.15. The maximum Gasteiger partial charge on any atom is 0.471 e. The summed E-state index contributed by atoms with van der Waals surface area (Å²) in [6.07, 6.45) is -6.51. The van der Waals surface area contributed by atoms with Gasteiger partial charge in [-0.05, 0) is 25.7 Å². The van der Waals surface area contributed by atoms with Crippen LogP contribution in [0.3, 0.4) is 0 Å². The van der Waals surface area contributed by atoms with Crippen LogP contribution in [0.25, 0.3) is 0 Å². The third-order valence-electron chi connectivity index (χ3n) is 3.44. The van der Waals surface area contributed by atoms with Gasteiger partial charge in [0.1, 0.15) is 0 Å². The number of allylic oxidation sites excluding steroid dienone is 1. The van der Waals surface area contributed by atoms with Crippen LogP contribution in [0.15, 0.2) is 11.6 Å². The lowest BCUT2D eigenvalue weighted by Crippen LogP contribution is -2.57. The van der Waals surface area contributed by atoms with E-state index in [-0.39, 0.29) is 11.5 Å². The standard InChI is InChI=1S/C13H16F6O3/c1-8(7-9-5-3-2-4-6-9)10(20)22-13(18,19)11(14,21)12(15,16)17/h7,9,21H,2-6H2,1H3. The van der Waals surface area contributed by atoms with E-state index >= 15 is 0 Å². The third-order valence-corrected chi connectivity index (χ3v) is 3.44. The second-order valence-corrected chi connectivity index (χ2v) is 5.27. The Hall–Kier alpha value is -1.25. The largest absolute Gasteiger partial charge is 0.471 e. The van der Waals surface area contributed by atoms with E-state index in [0.29, 0.717) is 0 Å². The number of hydrogen-bond donors (Lipinski definition) is 1. The van der Waals surface area contributed by atoms with Crippen LogP contribution in [0.4, 0.5) is 26.3 Å². The number of halogens is 6. The number of hydrogen-bond acceptors (Lipinski definition) is 3. The van der Waals surface area contributed by atoms with Crippen LogP contribution in [-0.2, 0) is 9.53 Å². The molecule has 0 heterocycles. The highest BCUT2D eigenvalue weighted by atomic mass is 19.4. The molecule has 1 unspecified atom stereocenters. The Labute approximate surface area is 122 Å². The van der Waals surface area contributed by atoms with Crippen LogP contribution in [-0.4, -0.2) is 29.2 Å². The maximum atomic E-state index is 13.1. The first-order valence-corrected chi connectivity index (χ1v) is 6.66. The van der Waals surface area contributed by atoms with Crippen molar-refractivity contribution in [1.82, 2.24) is 0 Å². The van der Waals surface area contributed by atoms with Gasteiger partial charge in [-0.3, -0.25) is 0 Å². The normalized spacial score (nSPS) is 21.4. The molecule has 1 aliphatic carbocycles.